The molecule has 0 radical (unpaired) electrons. The van der Waals surface area contributed by atoms with Gasteiger partial charge in [0.15, 0.2) is 11.6 Å². The molecule has 0 unspecified atom stereocenters. The molecule has 0 saturated carbocycles. The molecule has 1 aromatic heterocycles. The number of hydrogen-bond donors (Lipinski definition) is 0. The molecule has 1 fully saturated rings. The van der Waals surface area contributed by atoms with Crippen LogP contribution in [0.5, 0.6) is 0 Å². The van der Waals surface area contributed by atoms with Crippen LogP contribution in [-0.4, -0.2) is 51.6 Å². The van der Waals surface area contributed by atoms with Crippen LogP contribution in [0, 0.1) is 12.7 Å². The fourth-order valence-corrected chi connectivity index (χ4v) is 3.66. The molecular formula is C22H24FN5O. The first-order valence-electron chi connectivity index (χ1n) is 9.76. The summed E-state index contributed by atoms with van der Waals surface area (Å²) in [5.74, 6) is 1.13. The maximum absolute atomic E-state index is 14.5. The van der Waals surface area contributed by atoms with Crippen LogP contribution in [-0.2, 0) is 6.67 Å². The summed E-state index contributed by atoms with van der Waals surface area (Å²) in [6.07, 6.45) is 0. The fourth-order valence-electron chi connectivity index (χ4n) is 3.66. The van der Waals surface area contributed by atoms with Gasteiger partial charge in [-0.05, 0) is 32.0 Å². The van der Waals surface area contributed by atoms with E-state index in [1.807, 2.05) is 46.8 Å². The van der Waals surface area contributed by atoms with Crippen molar-refractivity contribution in [1.29, 1.82) is 0 Å². The highest BCUT2D eigenvalue weighted by Gasteiger charge is 2.21. The number of hydrogen-bond acceptors (Lipinski definition) is 5. The van der Waals surface area contributed by atoms with Gasteiger partial charge in [-0.2, -0.15) is 5.10 Å². The van der Waals surface area contributed by atoms with Crippen molar-refractivity contribution in [1.82, 2.24) is 19.7 Å². The fraction of sp³-hybridized carbons (Fsp3) is 0.318. The summed E-state index contributed by atoms with van der Waals surface area (Å²) in [5, 5.41) is 4.56. The highest BCUT2D eigenvalue weighted by molar-refractivity contribution is 5.94. The van der Waals surface area contributed by atoms with Gasteiger partial charge in [0.1, 0.15) is 11.6 Å². The number of rotatable bonds is 5. The lowest BCUT2D eigenvalue weighted by Gasteiger charge is -2.36. The molecule has 0 aliphatic carbocycles. The molecule has 4 rings (SSSR count). The summed E-state index contributed by atoms with van der Waals surface area (Å²) >= 11 is 0. The third-order valence-corrected chi connectivity index (χ3v) is 5.21. The van der Waals surface area contributed by atoms with E-state index in [1.165, 1.54) is 13.0 Å². The zero-order valence-corrected chi connectivity index (χ0v) is 16.7. The van der Waals surface area contributed by atoms with Gasteiger partial charge in [-0.15, -0.1) is 0 Å². The van der Waals surface area contributed by atoms with Crippen molar-refractivity contribution in [2.45, 2.75) is 20.5 Å². The maximum Gasteiger partial charge on any atom is 0.159 e. The van der Waals surface area contributed by atoms with E-state index in [9.17, 15) is 9.18 Å². The average molecular weight is 393 g/mol. The van der Waals surface area contributed by atoms with Crippen LogP contribution in [0.15, 0.2) is 48.5 Å². The highest BCUT2D eigenvalue weighted by atomic mass is 19.1. The van der Waals surface area contributed by atoms with E-state index in [-0.39, 0.29) is 11.6 Å². The maximum atomic E-state index is 14.5. The molecule has 0 bridgehead atoms. The van der Waals surface area contributed by atoms with E-state index in [0.717, 1.165) is 30.3 Å². The number of piperazine rings is 1. The Morgan fingerprint density at radius 3 is 2.45 bits per heavy atom. The quantitative estimate of drug-likeness (QED) is 0.622. The first kappa shape index (κ1) is 19.3. The van der Waals surface area contributed by atoms with E-state index in [4.69, 9.17) is 0 Å². The summed E-state index contributed by atoms with van der Waals surface area (Å²) in [4.78, 5) is 20.3. The monoisotopic (exact) mass is 393 g/mol. The molecule has 1 aliphatic heterocycles. The first-order valence-corrected chi connectivity index (χ1v) is 9.76. The van der Waals surface area contributed by atoms with Crippen LogP contribution in [0.25, 0.3) is 11.4 Å². The van der Waals surface area contributed by atoms with Gasteiger partial charge in [-0.1, -0.05) is 30.3 Å². The van der Waals surface area contributed by atoms with Gasteiger partial charge in [-0.25, -0.2) is 14.1 Å². The van der Waals surface area contributed by atoms with Crippen molar-refractivity contribution in [3.8, 4) is 11.4 Å². The van der Waals surface area contributed by atoms with E-state index >= 15 is 0 Å². The van der Waals surface area contributed by atoms with Crippen LogP contribution in [0.1, 0.15) is 23.1 Å². The second kappa shape index (κ2) is 8.13. The Morgan fingerprint density at radius 2 is 1.79 bits per heavy atom. The van der Waals surface area contributed by atoms with Crippen LogP contribution in [0.3, 0.4) is 0 Å². The first-order chi connectivity index (χ1) is 14.0. The van der Waals surface area contributed by atoms with Crippen LogP contribution >= 0.6 is 0 Å². The molecule has 0 amide bonds. The molecule has 0 N–H and O–H groups in total. The third kappa shape index (κ3) is 4.19. The van der Waals surface area contributed by atoms with Crippen LogP contribution in [0.2, 0.25) is 0 Å². The number of halogens is 1. The largest absolute Gasteiger partial charge is 0.367 e. The topological polar surface area (TPSA) is 54.3 Å². The van der Waals surface area contributed by atoms with Gasteiger partial charge < -0.3 is 4.90 Å². The Labute approximate surface area is 169 Å². The Balaban J connectivity index is 1.43. The molecule has 0 spiro atoms. The van der Waals surface area contributed by atoms with Gasteiger partial charge in [0.25, 0.3) is 0 Å². The summed E-state index contributed by atoms with van der Waals surface area (Å²) < 4.78 is 16.4. The lowest BCUT2D eigenvalue weighted by atomic mass is 10.1. The van der Waals surface area contributed by atoms with Gasteiger partial charge in [0.05, 0.1) is 12.4 Å². The highest BCUT2D eigenvalue weighted by Crippen LogP contribution is 2.23. The molecular weight excluding hydrogens is 369 g/mol. The molecule has 2 aromatic carbocycles. The van der Waals surface area contributed by atoms with Crippen molar-refractivity contribution >= 4 is 11.5 Å². The van der Waals surface area contributed by atoms with Crippen LogP contribution < -0.4 is 4.90 Å². The zero-order valence-electron chi connectivity index (χ0n) is 16.7. The lowest BCUT2D eigenvalue weighted by Crippen LogP contribution is -2.47. The average Bonchev–Trinajstić information content (AvgIpc) is 3.09. The van der Waals surface area contributed by atoms with E-state index in [0.29, 0.717) is 31.0 Å². The normalized spacial score (nSPS) is 14.9. The smallest absolute Gasteiger partial charge is 0.159 e. The molecule has 2 heterocycles. The standard InChI is InChI=1S/C22H24FN5O/c1-16(29)19-8-9-21(20(23)14-19)27-12-10-26(11-13-27)15-28-22(24-17(2)25-28)18-6-4-3-5-7-18/h3-9,14H,10-13,15H2,1-2H3. The van der Waals surface area contributed by atoms with Gasteiger partial charge in [0.2, 0.25) is 0 Å². The minimum atomic E-state index is -0.343. The third-order valence-electron chi connectivity index (χ3n) is 5.21. The molecule has 6 nitrogen and oxygen atoms in total. The Kier molecular flexibility index (Phi) is 5.40. The number of aromatic nitrogens is 3. The SMILES string of the molecule is CC(=O)c1ccc(N2CCN(Cn3nc(C)nc3-c3ccccc3)CC2)c(F)c1. The molecule has 1 saturated heterocycles. The molecule has 1 aliphatic rings. The number of anilines is 1. The second-order valence-corrected chi connectivity index (χ2v) is 7.32. The number of carbonyl (C=O) groups excluding carboxylic acids is 1. The van der Waals surface area contributed by atoms with E-state index < -0.39 is 0 Å². The van der Waals surface area contributed by atoms with Gasteiger partial charge in [0, 0.05) is 37.3 Å². The van der Waals surface area contributed by atoms with Crippen molar-refractivity contribution < 1.29 is 9.18 Å². The van der Waals surface area contributed by atoms with Crippen molar-refractivity contribution in [2.75, 3.05) is 31.1 Å². The van der Waals surface area contributed by atoms with E-state index in [2.05, 4.69) is 15.0 Å². The second-order valence-electron chi connectivity index (χ2n) is 7.32. The summed E-state index contributed by atoms with van der Waals surface area (Å²) in [6, 6.07) is 14.8. The molecule has 29 heavy (non-hydrogen) atoms. The number of aryl methyl sites for hydroxylation is 1. The van der Waals surface area contributed by atoms with Crippen LogP contribution in [0.4, 0.5) is 10.1 Å². The Hall–Kier alpha value is -3.06. The molecule has 3 aromatic rings. The van der Waals surface area contributed by atoms with Crippen molar-refractivity contribution in [3.63, 3.8) is 0 Å². The number of nitrogens with zero attached hydrogens (tertiary/aromatic N) is 5. The summed E-state index contributed by atoms with van der Waals surface area (Å²) in [6.45, 7) is 7.00. The minimum absolute atomic E-state index is 0.127. The number of carbonyl (C=O) groups is 1. The minimum Gasteiger partial charge on any atom is -0.367 e. The van der Waals surface area contributed by atoms with Crippen molar-refractivity contribution in [3.05, 3.63) is 65.7 Å². The lowest BCUT2D eigenvalue weighted by molar-refractivity contribution is 0.101. The zero-order chi connectivity index (χ0) is 20.4. The van der Waals surface area contributed by atoms with Gasteiger partial charge in [-0.3, -0.25) is 9.69 Å². The molecule has 150 valence electrons. The predicted molar refractivity (Wildman–Crippen MR) is 110 cm³/mol. The van der Waals surface area contributed by atoms with Gasteiger partial charge >= 0.3 is 0 Å². The number of ketones is 1. The van der Waals surface area contributed by atoms with E-state index in [1.54, 1.807) is 12.1 Å². The summed E-state index contributed by atoms with van der Waals surface area (Å²) in [5.41, 5.74) is 2.00. The summed E-state index contributed by atoms with van der Waals surface area (Å²) in [7, 11) is 0. The van der Waals surface area contributed by atoms with Crippen molar-refractivity contribution in [2.24, 2.45) is 0 Å². The number of benzene rings is 2. The number of Topliss-reactive ketones (excluding diaryl/α,β-unsaturated/α-hetero) is 1. The Morgan fingerprint density at radius 1 is 1.07 bits per heavy atom. The molecule has 0 atom stereocenters. The molecule has 7 heteroatoms. The Bertz CT molecular complexity index is 1010. The predicted octanol–water partition coefficient (Wildman–Crippen LogP) is 3.37.